The zero-order valence-electron chi connectivity index (χ0n) is 10.9. The van der Waals surface area contributed by atoms with E-state index < -0.39 is 19.2 Å². The Morgan fingerprint density at radius 3 is 2.63 bits per heavy atom. The minimum atomic E-state index is -4.21. The molecule has 1 atom stereocenters. The molecule has 1 N–H and O–H groups in total. The van der Waals surface area contributed by atoms with Crippen LogP contribution in [0.3, 0.4) is 0 Å². The molecule has 0 fully saturated rings. The van der Waals surface area contributed by atoms with Crippen LogP contribution in [0.5, 0.6) is 5.75 Å². The molecule has 0 radical (unpaired) electrons. The van der Waals surface area contributed by atoms with Crippen molar-refractivity contribution < 1.29 is 17.9 Å². The average molecular weight is 296 g/mol. The molecule has 0 saturated heterocycles. The minimum absolute atomic E-state index is 0.0374. The molecular formula is C13H17ClF3NO. The third kappa shape index (κ3) is 5.70. The Hall–Kier alpha value is -0.940. The van der Waals surface area contributed by atoms with E-state index in [1.54, 1.807) is 18.2 Å². The Balaban J connectivity index is 2.76. The standard InChI is InChI=1S/C13H17ClF3NO/c1-3-18-9(2)11-8-10(14)4-5-12(11)19-7-6-13(15,16)17/h4-5,8-9,18H,3,6-7H2,1-2H3. The van der Waals surface area contributed by atoms with Gasteiger partial charge in [-0.2, -0.15) is 13.2 Å². The van der Waals surface area contributed by atoms with Gasteiger partial charge in [-0.3, -0.25) is 0 Å². The molecule has 6 heteroatoms. The quantitative estimate of drug-likeness (QED) is 0.843. The minimum Gasteiger partial charge on any atom is -0.493 e. The first-order valence-electron chi connectivity index (χ1n) is 6.06. The van der Waals surface area contributed by atoms with Gasteiger partial charge >= 0.3 is 6.18 Å². The van der Waals surface area contributed by atoms with Crippen molar-refractivity contribution in [3.63, 3.8) is 0 Å². The lowest BCUT2D eigenvalue weighted by atomic mass is 10.1. The molecule has 0 aromatic heterocycles. The molecule has 1 rings (SSSR count). The van der Waals surface area contributed by atoms with Crippen LogP contribution in [0, 0.1) is 0 Å². The molecule has 1 aromatic carbocycles. The van der Waals surface area contributed by atoms with E-state index in [0.29, 0.717) is 10.8 Å². The lowest BCUT2D eigenvalue weighted by Gasteiger charge is -2.18. The third-order valence-corrected chi connectivity index (χ3v) is 2.83. The Labute approximate surface area is 115 Å². The van der Waals surface area contributed by atoms with Crippen molar-refractivity contribution in [1.29, 1.82) is 0 Å². The van der Waals surface area contributed by atoms with E-state index in [9.17, 15) is 13.2 Å². The monoisotopic (exact) mass is 295 g/mol. The van der Waals surface area contributed by atoms with Crippen LogP contribution in [-0.4, -0.2) is 19.3 Å². The molecular weight excluding hydrogens is 279 g/mol. The Morgan fingerprint density at radius 2 is 2.05 bits per heavy atom. The van der Waals surface area contributed by atoms with Gasteiger partial charge in [0.2, 0.25) is 0 Å². The van der Waals surface area contributed by atoms with E-state index >= 15 is 0 Å². The molecule has 19 heavy (non-hydrogen) atoms. The predicted molar refractivity (Wildman–Crippen MR) is 69.7 cm³/mol. The molecule has 0 heterocycles. The summed E-state index contributed by atoms with van der Waals surface area (Å²) in [6.45, 7) is 4.21. The summed E-state index contributed by atoms with van der Waals surface area (Å²) >= 11 is 5.90. The van der Waals surface area contributed by atoms with Gasteiger partial charge in [-0.15, -0.1) is 0 Å². The van der Waals surface area contributed by atoms with Crippen LogP contribution in [0.2, 0.25) is 5.02 Å². The summed E-state index contributed by atoms with van der Waals surface area (Å²) < 4.78 is 41.5. The van der Waals surface area contributed by atoms with Crippen molar-refractivity contribution in [2.24, 2.45) is 0 Å². The van der Waals surface area contributed by atoms with Crippen LogP contribution >= 0.6 is 11.6 Å². The molecule has 0 aliphatic rings. The second-order valence-corrected chi connectivity index (χ2v) is 4.61. The highest BCUT2D eigenvalue weighted by molar-refractivity contribution is 6.30. The first-order chi connectivity index (χ1) is 8.83. The maximum Gasteiger partial charge on any atom is 0.392 e. The smallest absolute Gasteiger partial charge is 0.392 e. The molecule has 0 aliphatic carbocycles. The zero-order chi connectivity index (χ0) is 14.5. The Bertz CT molecular complexity index is 409. The van der Waals surface area contributed by atoms with Gasteiger partial charge < -0.3 is 10.1 Å². The summed E-state index contributed by atoms with van der Waals surface area (Å²) in [5.74, 6) is 0.432. The van der Waals surface area contributed by atoms with Gasteiger partial charge in [0, 0.05) is 16.6 Å². The van der Waals surface area contributed by atoms with Crippen molar-refractivity contribution in [2.45, 2.75) is 32.5 Å². The summed E-state index contributed by atoms with van der Waals surface area (Å²) in [4.78, 5) is 0. The number of rotatable bonds is 6. The Kier molecular flexibility index (Phi) is 5.94. The highest BCUT2D eigenvalue weighted by Crippen LogP contribution is 2.29. The second-order valence-electron chi connectivity index (χ2n) is 4.18. The number of alkyl halides is 3. The fourth-order valence-corrected chi connectivity index (χ4v) is 1.86. The molecule has 0 bridgehead atoms. The van der Waals surface area contributed by atoms with Gasteiger partial charge in [0.05, 0.1) is 13.0 Å². The third-order valence-electron chi connectivity index (χ3n) is 2.59. The van der Waals surface area contributed by atoms with E-state index in [0.717, 1.165) is 12.1 Å². The highest BCUT2D eigenvalue weighted by atomic mass is 35.5. The SMILES string of the molecule is CCNC(C)c1cc(Cl)ccc1OCCC(F)(F)F. The average Bonchev–Trinajstić information content (AvgIpc) is 2.29. The van der Waals surface area contributed by atoms with Crippen LogP contribution in [0.15, 0.2) is 18.2 Å². The summed E-state index contributed by atoms with van der Waals surface area (Å²) in [6.07, 6.45) is -5.18. The number of hydrogen-bond acceptors (Lipinski definition) is 2. The topological polar surface area (TPSA) is 21.3 Å². The van der Waals surface area contributed by atoms with Gasteiger partial charge in [0.1, 0.15) is 5.75 Å². The molecule has 0 amide bonds. The van der Waals surface area contributed by atoms with Crippen LogP contribution in [0.4, 0.5) is 13.2 Å². The summed E-state index contributed by atoms with van der Waals surface area (Å²) in [5, 5.41) is 3.71. The number of nitrogens with one attached hydrogen (secondary N) is 1. The molecule has 2 nitrogen and oxygen atoms in total. The fraction of sp³-hybridized carbons (Fsp3) is 0.538. The Morgan fingerprint density at radius 1 is 1.37 bits per heavy atom. The number of halogens is 4. The van der Waals surface area contributed by atoms with Crippen LogP contribution < -0.4 is 10.1 Å². The molecule has 1 aromatic rings. The van der Waals surface area contributed by atoms with Crippen molar-refractivity contribution in [1.82, 2.24) is 5.32 Å². The van der Waals surface area contributed by atoms with Crippen LogP contribution in [0.1, 0.15) is 31.9 Å². The van der Waals surface area contributed by atoms with Crippen molar-refractivity contribution in [3.8, 4) is 5.75 Å². The van der Waals surface area contributed by atoms with E-state index in [1.165, 1.54) is 0 Å². The highest BCUT2D eigenvalue weighted by Gasteiger charge is 2.27. The summed E-state index contributed by atoms with van der Waals surface area (Å²) in [5.41, 5.74) is 0.761. The lowest BCUT2D eigenvalue weighted by Crippen LogP contribution is -2.19. The molecule has 0 spiro atoms. The summed E-state index contributed by atoms with van der Waals surface area (Å²) in [7, 11) is 0. The normalized spacial score (nSPS) is 13.4. The van der Waals surface area contributed by atoms with Crippen molar-refractivity contribution >= 4 is 11.6 Å². The summed E-state index contributed by atoms with van der Waals surface area (Å²) in [6, 6.07) is 4.87. The van der Waals surface area contributed by atoms with Crippen molar-refractivity contribution in [3.05, 3.63) is 28.8 Å². The van der Waals surface area contributed by atoms with Gasteiger partial charge in [-0.1, -0.05) is 18.5 Å². The molecule has 0 aliphatic heterocycles. The maximum atomic E-state index is 12.1. The second kappa shape index (κ2) is 7.01. The van der Waals surface area contributed by atoms with Crippen LogP contribution in [-0.2, 0) is 0 Å². The van der Waals surface area contributed by atoms with Crippen LogP contribution in [0.25, 0.3) is 0 Å². The molecule has 1 unspecified atom stereocenters. The van der Waals surface area contributed by atoms with Gasteiger partial charge in [-0.05, 0) is 31.7 Å². The largest absolute Gasteiger partial charge is 0.493 e. The lowest BCUT2D eigenvalue weighted by molar-refractivity contribution is -0.139. The van der Waals surface area contributed by atoms with E-state index in [-0.39, 0.29) is 6.04 Å². The maximum absolute atomic E-state index is 12.1. The van der Waals surface area contributed by atoms with Gasteiger partial charge in [-0.25, -0.2) is 0 Å². The van der Waals surface area contributed by atoms with Gasteiger partial charge in [0.25, 0.3) is 0 Å². The van der Waals surface area contributed by atoms with E-state index in [2.05, 4.69) is 5.32 Å². The molecule has 108 valence electrons. The number of benzene rings is 1. The first-order valence-corrected chi connectivity index (χ1v) is 6.43. The van der Waals surface area contributed by atoms with Gasteiger partial charge in [0.15, 0.2) is 0 Å². The first kappa shape index (κ1) is 16.1. The van der Waals surface area contributed by atoms with E-state index in [1.807, 2.05) is 13.8 Å². The predicted octanol–water partition coefficient (Wildman–Crippen LogP) is 4.34. The fourth-order valence-electron chi connectivity index (χ4n) is 1.68. The zero-order valence-corrected chi connectivity index (χ0v) is 11.6. The van der Waals surface area contributed by atoms with Crippen molar-refractivity contribution in [2.75, 3.05) is 13.2 Å². The van der Waals surface area contributed by atoms with E-state index in [4.69, 9.17) is 16.3 Å². The molecule has 0 saturated carbocycles. The number of hydrogen-bond donors (Lipinski definition) is 1. The number of ether oxygens (including phenoxy) is 1.